The fraction of sp³-hybridized carbons (Fsp3) is 0.286. The van der Waals surface area contributed by atoms with Crippen LogP contribution in [0.15, 0.2) is 41.3 Å². The van der Waals surface area contributed by atoms with Crippen molar-refractivity contribution in [2.45, 2.75) is 31.1 Å². The molecule has 0 bridgehead atoms. The van der Waals surface area contributed by atoms with E-state index in [1.54, 1.807) is 18.2 Å². The molecule has 0 aromatic heterocycles. The molecule has 0 amide bonds. The Bertz CT molecular complexity index is 665. The molecule has 97 valence electrons. The van der Waals surface area contributed by atoms with Crippen molar-refractivity contribution in [1.29, 1.82) is 0 Å². The third-order valence-corrected chi connectivity index (χ3v) is 4.02. The summed E-state index contributed by atoms with van der Waals surface area (Å²) in [5.74, 6) is 0. The van der Waals surface area contributed by atoms with Gasteiger partial charge in [0, 0.05) is 34.9 Å². The van der Waals surface area contributed by atoms with E-state index in [2.05, 4.69) is 0 Å². The first-order valence-corrected chi connectivity index (χ1v) is 7.46. The number of benzene rings is 2. The van der Waals surface area contributed by atoms with Crippen molar-refractivity contribution in [1.82, 2.24) is 0 Å². The summed E-state index contributed by atoms with van der Waals surface area (Å²) in [6.45, 7) is 2.05. The summed E-state index contributed by atoms with van der Waals surface area (Å²) >= 11 is 0. The molecular formula is C14H16NaO3S. The quantitative estimate of drug-likeness (QED) is 0.694. The zero-order chi connectivity index (χ0) is 13.2. The zero-order valence-corrected chi connectivity index (χ0v) is 14.1. The van der Waals surface area contributed by atoms with Crippen LogP contribution in [0, 0.1) is 0 Å². The van der Waals surface area contributed by atoms with Gasteiger partial charge in [-0.3, -0.25) is 4.55 Å². The van der Waals surface area contributed by atoms with Gasteiger partial charge in [0.05, 0.1) is 0 Å². The van der Waals surface area contributed by atoms with Crippen molar-refractivity contribution in [3.8, 4) is 0 Å². The van der Waals surface area contributed by atoms with Crippen LogP contribution >= 0.6 is 0 Å². The molecule has 1 radical (unpaired) electrons. The SMILES string of the molecule is CCCCc1ccc2ccccc2c1S(=O)(=O)O.[Na]. The van der Waals surface area contributed by atoms with Crippen LogP contribution in [-0.2, 0) is 16.5 Å². The minimum atomic E-state index is -4.19. The van der Waals surface area contributed by atoms with Gasteiger partial charge < -0.3 is 0 Å². The fourth-order valence-corrected chi connectivity index (χ4v) is 3.12. The number of aryl methyl sites for hydroxylation is 1. The topological polar surface area (TPSA) is 54.4 Å². The fourth-order valence-electron chi connectivity index (χ4n) is 2.16. The molecular weight excluding hydrogens is 271 g/mol. The van der Waals surface area contributed by atoms with E-state index in [0.717, 1.165) is 18.2 Å². The summed E-state index contributed by atoms with van der Waals surface area (Å²) in [5, 5.41) is 1.42. The van der Waals surface area contributed by atoms with Crippen LogP contribution in [-0.4, -0.2) is 42.5 Å². The molecule has 1 N–H and O–H groups in total. The van der Waals surface area contributed by atoms with Crippen LogP contribution in [0.4, 0.5) is 0 Å². The van der Waals surface area contributed by atoms with E-state index >= 15 is 0 Å². The van der Waals surface area contributed by atoms with Gasteiger partial charge in [-0.2, -0.15) is 8.42 Å². The molecule has 0 aliphatic carbocycles. The Kier molecular flexibility index (Phi) is 6.02. The van der Waals surface area contributed by atoms with Gasteiger partial charge in [-0.05, 0) is 23.8 Å². The number of unbranched alkanes of at least 4 members (excludes halogenated alkanes) is 1. The molecule has 0 spiro atoms. The van der Waals surface area contributed by atoms with Gasteiger partial charge >= 0.3 is 0 Å². The molecule has 0 heterocycles. The summed E-state index contributed by atoms with van der Waals surface area (Å²) < 4.78 is 32.6. The Morgan fingerprint density at radius 1 is 1.11 bits per heavy atom. The summed E-state index contributed by atoms with van der Waals surface area (Å²) in [6, 6.07) is 10.9. The Morgan fingerprint density at radius 2 is 1.79 bits per heavy atom. The van der Waals surface area contributed by atoms with E-state index in [-0.39, 0.29) is 34.5 Å². The molecule has 0 aliphatic rings. The molecule has 0 saturated heterocycles. The molecule has 0 saturated carbocycles. The maximum absolute atomic E-state index is 11.6. The Morgan fingerprint density at radius 3 is 2.42 bits per heavy atom. The van der Waals surface area contributed by atoms with Crippen LogP contribution in [0.2, 0.25) is 0 Å². The smallest absolute Gasteiger partial charge is 0.282 e. The maximum Gasteiger partial charge on any atom is 0.295 e. The van der Waals surface area contributed by atoms with E-state index in [0.29, 0.717) is 17.4 Å². The van der Waals surface area contributed by atoms with Gasteiger partial charge in [-0.15, -0.1) is 0 Å². The molecule has 2 aromatic rings. The van der Waals surface area contributed by atoms with Gasteiger partial charge in [0.25, 0.3) is 10.1 Å². The minimum Gasteiger partial charge on any atom is -0.282 e. The van der Waals surface area contributed by atoms with Gasteiger partial charge in [-0.1, -0.05) is 49.7 Å². The van der Waals surface area contributed by atoms with Crippen molar-refractivity contribution in [3.05, 3.63) is 42.0 Å². The molecule has 0 aliphatic heterocycles. The van der Waals surface area contributed by atoms with Crippen LogP contribution in [0.5, 0.6) is 0 Å². The largest absolute Gasteiger partial charge is 0.295 e. The number of fused-ring (bicyclic) bond motifs is 1. The van der Waals surface area contributed by atoms with Gasteiger partial charge in [0.15, 0.2) is 0 Å². The second kappa shape index (κ2) is 6.86. The van der Waals surface area contributed by atoms with E-state index in [9.17, 15) is 13.0 Å². The molecule has 0 unspecified atom stereocenters. The molecule has 19 heavy (non-hydrogen) atoms. The Hall–Kier alpha value is -0.390. The second-order valence-electron chi connectivity index (χ2n) is 4.35. The average molecular weight is 287 g/mol. The standard InChI is InChI=1S/C14H16O3S.Na/c1-2-3-6-12-10-9-11-7-4-5-8-13(11)14(12)18(15,16)17;/h4-5,7-10H,2-3,6H2,1H3,(H,15,16,17);. The van der Waals surface area contributed by atoms with E-state index in [1.807, 2.05) is 25.1 Å². The van der Waals surface area contributed by atoms with E-state index in [4.69, 9.17) is 0 Å². The maximum atomic E-state index is 11.6. The minimum absolute atomic E-state index is 0. The Balaban J connectivity index is 0.00000180. The predicted octanol–water partition coefficient (Wildman–Crippen LogP) is 3.05. The average Bonchev–Trinajstić information content (AvgIpc) is 2.34. The van der Waals surface area contributed by atoms with Gasteiger partial charge in [0.1, 0.15) is 4.90 Å². The van der Waals surface area contributed by atoms with Gasteiger partial charge in [0.2, 0.25) is 0 Å². The zero-order valence-electron chi connectivity index (χ0n) is 11.3. The normalized spacial score (nSPS) is 11.3. The van der Waals surface area contributed by atoms with Crippen LogP contribution < -0.4 is 0 Å². The first kappa shape index (κ1) is 16.7. The molecule has 0 atom stereocenters. The molecule has 2 aromatic carbocycles. The van der Waals surface area contributed by atoms with E-state index in [1.165, 1.54) is 0 Å². The third-order valence-electron chi connectivity index (χ3n) is 3.02. The van der Waals surface area contributed by atoms with Crippen molar-refractivity contribution < 1.29 is 13.0 Å². The Labute approximate surface area is 136 Å². The molecule has 3 nitrogen and oxygen atoms in total. The van der Waals surface area contributed by atoms with Crippen LogP contribution in [0.3, 0.4) is 0 Å². The summed E-state index contributed by atoms with van der Waals surface area (Å²) in [4.78, 5) is 0.0639. The third kappa shape index (κ3) is 3.80. The predicted molar refractivity (Wildman–Crippen MR) is 78.1 cm³/mol. The number of hydrogen-bond donors (Lipinski definition) is 1. The van der Waals surface area contributed by atoms with E-state index < -0.39 is 10.1 Å². The first-order chi connectivity index (χ1) is 8.54. The first-order valence-electron chi connectivity index (χ1n) is 6.02. The van der Waals surface area contributed by atoms with Crippen molar-refractivity contribution >= 4 is 50.4 Å². The van der Waals surface area contributed by atoms with Crippen LogP contribution in [0.25, 0.3) is 10.8 Å². The second-order valence-corrected chi connectivity index (χ2v) is 5.71. The summed E-state index contributed by atoms with van der Waals surface area (Å²) in [7, 11) is -4.19. The van der Waals surface area contributed by atoms with Crippen molar-refractivity contribution in [2.75, 3.05) is 0 Å². The van der Waals surface area contributed by atoms with Crippen LogP contribution in [0.1, 0.15) is 25.3 Å². The summed E-state index contributed by atoms with van der Waals surface area (Å²) in [5.41, 5.74) is 0.693. The van der Waals surface area contributed by atoms with Gasteiger partial charge in [-0.25, -0.2) is 0 Å². The summed E-state index contributed by atoms with van der Waals surface area (Å²) in [6.07, 6.45) is 2.55. The molecule has 0 fully saturated rings. The molecule has 2 rings (SSSR count). The monoisotopic (exact) mass is 287 g/mol. The van der Waals surface area contributed by atoms with Crippen molar-refractivity contribution in [2.24, 2.45) is 0 Å². The number of hydrogen-bond acceptors (Lipinski definition) is 2. The molecule has 5 heteroatoms. The van der Waals surface area contributed by atoms with Crippen molar-refractivity contribution in [3.63, 3.8) is 0 Å². The number of rotatable bonds is 4.